The second-order valence-corrected chi connectivity index (χ2v) is 3.55. The van der Waals surface area contributed by atoms with Gasteiger partial charge in [0.25, 0.3) is 5.69 Å². The molecule has 0 aliphatic carbocycles. The molecule has 1 aromatic carbocycles. The molecule has 18 heavy (non-hydrogen) atoms. The first-order valence-corrected chi connectivity index (χ1v) is 5.47. The van der Waals surface area contributed by atoms with Crippen LogP contribution in [0.5, 0.6) is 0 Å². The number of carbonyl (C=O) groups is 1. The number of anilines is 2. The standard InChI is InChI=1S/C11H15N3O4/c1-2-18-11(15)3-4-13-9-5-8(12)6-10(7-9)14(16)17/h5-7,13H,2-4,12H2,1H3. The Bertz CT molecular complexity index is 448. The molecule has 7 heteroatoms. The number of hydrogen-bond acceptors (Lipinski definition) is 6. The van der Waals surface area contributed by atoms with E-state index in [1.54, 1.807) is 13.0 Å². The Balaban J connectivity index is 2.57. The van der Waals surface area contributed by atoms with E-state index in [2.05, 4.69) is 5.32 Å². The van der Waals surface area contributed by atoms with Crippen molar-refractivity contribution in [3.63, 3.8) is 0 Å². The zero-order chi connectivity index (χ0) is 13.5. The number of ether oxygens (including phenoxy) is 1. The van der Waals surface area contributed by atoms with Gasteiger partial charge >= 0.3 is 5.97 Å². The predicted molar refractivity (Wildman–Crippen MR) is 67.2 cm³/mol. The van der Waals surface area contributed by atoms with E-state index in [0.29, 0.717) is 24.5 Å². The summed E-state index contributed by atoms with van der Waals surface area (Å²) >= 11 is 0. The fourth-order valence-electron chi connectivity index (χ4n) is 1.38. The lowest BCUT2D eigenvalue weighted by Gasteiger charge is -2.07. The molecule has 0 radical (unpaired) electrons. The molecule has 0 amide bonds. The summed E-state index contributed by atoms with van der Waals surface area (Å²) in [6.07, 6.45) is 0.191. The number of nitrogens with zero attached hydrogens (tertiary/aromatic N) is 1. The summed E-state index contributed by atoms with van der Waals surface area (Å²) in [5.74, 6) is -0.316. The van der Waals surface area contributed by atoms with Crippen molar-refractivity contribution < 1.29 is 14.5 Å². The fourth-order valence-corrected chi connectivity index (χ4v) is 1.38. The van der Waals surface area contributed by atoms with Gasteiger partial charge in [0.15, 0.2) is 0 Å². The van der Waals surface area contributed by atoms with Crippen LogP contribution in [0.2, 0.25) is 0 Å². The normalized spacial score (nSPS) is 9.83. The van der Waals surface area contributed by atoms with E-state index in [0.717, 1.165) is 0 Å². The number of benzene rings is 1. The van der Waals surface area contributed by atoms with Crippen molar-refractivity contribution in [2.75, 3.05) is 24.2 Å². The lowest BCUT2D eigenvalue weighted by Crippen LogP contribution is -2.11. The van der Waals surface area contributed by atoms with Gasteiger partial charge in [0.05, 0.1) is 18.0 Å². The summed E-state index contributed by atoms with van der Waals surface area (Å²) in [6, 6.07) is 4.20. The van der Waals surface area contributed by atoms with Gasteiger partial charge in [-0.05, 0) is 13.0 Å². The monoisotopic (exact) mass is 253 g/mol. The highest BCUT2D eigenvalue weighted by Crippen LogP contribution is 2.22. The fraction of sp³-hybridized carbons (Fsp3) is 0.364. The number of nitro benzene ring substituents is 1. The second-order valence-electron chi connectivity index (χ2n) is 3.55. The highest BCUT2D eigenvalue weighted by Gasteiger charge is 2.08. The minimum atomic E-state index is -0.521. The highest BCUT2D eigenvalue weighted by atomic mass is 16.6. The average molecular weight is 253 g/mol. The van der Waals surface area contributed by atoms with Gasteiger partial charge in [-0.25, -0.2) is 0 Å². The van der Waals surface area contributed by atoms with E-state index in [9.17, 15) is 14.9 Å². The lowest BCUT2D eigenvalue weighted by molar-refractivity contribution is -0.384. The maximum atomic E-state index is 11.1. The molecule has 0 atom stereocenters. The van der Waals surface area contributed by atoms with Crippen LogP contribution in [-0.4, -0.2) is 24.0 Å². The molecule has 0 unspecified atom stereocenters. The highest BCUT2D eigenvalue weighted by molar-refractivity contribution is 5.70. The van der Waals surface area contributed by atoms with Crippen molar-refractivity contribution >= 4 is 23.0 Å². The molecule has 0 heterocycles. The van der Waals surface area contributed by atoms with Crippen LogP contribution in [0.4, 0.5) is 17.1 Å². The lowest BCUT2D eigenvalue weighted by atomic mass is 10.2. The Morgan fingerprint density at radius 3 is 2.83 bits per heavy atom. The van der Waals surface area contributed by atoms with Gasteiger partial charge in [-0.2, -0.15) is 0 Å². The van der Waals surface area contributed by atoms with Gasteiger partial charge in [0.2, 0.25) is 0 Å². The molecule has 0 saturated heterocycles. The summed E-state index contributed by atoms with van der Waals surface area (Å²) in [5, 5.41) is 13.5. The molecule has 0 aromatic heterocycles. The van der Waals surface area contributed by atoms with Gasteiger partial charge in [0, 0.05) is 30.1 Å². The Hall–Kier alpha value is -2.31. The number of rotatable bonds is 6. The molecule has 1 aromatic rings. The van der Waals surface area contributed by atoms with Gasteiger partial charge in [-0.1, -0.05) is 0 Å². The zero-order valence-electron chi connectivity index (χ0n) is 10.0. The summed E-state index contributed by atoms with van der Waals surface area (Å²) in [7, 11) is 0. The zero-order valence-corrected chi connectivity index (χ0v) is 10.0. The molecule has 1 rings (SSSR count). The van der Waals surface area contributed by atoms with Crippen LogP contribution in [0, 0.1) is 10.1 Å². The molecule has 0 bridgehead atoms. The van der Waals surface area contributed by atoms with Gasteiger partial charge < -0.3 is 15.8 Å². The molecule has 0 saturated carbocycles. The van der Waals surface area contributed by atoms with Crippen LogP contribution in [0.25, 0.3) is 0 Å². The average Bonchev–Trinajstić information content (AvgIpc) is 2.28. The van der Waals surface area contributed by atoms with Gasteiger partial charge in [0.1, 0.15) is 0 Å². The minimum absolute atomic E-state index is 0.0892. The SMILES string of the molecule is CCOC(=O)CCNc1cc(N)cc([N+](=O)[O-])c1. The summed E-state index contributed by atoms with van der Waals surface area (Å²) in [5.41, 5.74) is 6.25. The topological polar surface area (TPSA) is 107 Å². The van der Waals surface area contributed by atoms with Crippen molar-refractivity contribution in [3.05, 3.63) is 28.3 Å². The first-order chi connectivity index (χ1) is 8.52. The number of carbonyl (C=O) groups excluding carboxylic acids is 1. The minimum Gasteiger partial charge on any atom is -0.466 e. The molecule has 98 valence electrons. The Morgan fingerprint density at radius 2 is 2.22 bits per heavy atom. The van der Waals surface area contributed by atoms with Crippen molar-refractivity contribution in [2.45, 2.75) is 13.3 Å². The summed E-state index contributed by atoms with van der Waals surface area (Å²) < 4.78 is 4.75. The first kappa shape index (κ1) is 13.8. The summed E-state index contributed by atoms with van der Waals surface area (Å²) in [6.45, 7) is 2.40. The molecule has 0 aliphatic heterocycles. The summed E-state index contributed by atoms with van der Waals surface area (Å²) in [4.78, 5) is 21.2. The van der Waals surface area contributed by atoms with Crippen LogP contribution in [-0.2, 0) is 9.53 Å². The van der Waals surface area contributed by atoms with E-state index in [-0.39, 0.29) is 18.1 Å². The number of hydrogen-bond donors (Lipinski definition) is 2. The van der Waals surface area contributed by atoms with E-state index >= 15 is 0 Å². The Morgan fingerprint density at radius 1 is 1.50 bits per heavy atom. The molecular formula is C11H15N3O4. The van der Waals surface area contributed by atoms with Crippen molar-refractivity contribution in [1.82, 2.24) is 0 Å². The molecule has 7 nitrogen and oxygen atoms in total. The van der Waals surface area contributed by atoms with E-state index in [1.165, 1.54) is 12.1 Å². The van der Waals surface area contributed by atoms with E-state index in [4.69, 9.17) is 10.5 Å². The molecule has 0 fully saturated rings. The van der Waals surface area contributed by atoms with Crippen molar-refractivity contribution in [2.24, 2.45) is 0 Å². The number of nitrogens with two attached hydrogens (primary N) is 1. The van der Waals surface area contributed by atoms with Gasteiger partial charge in [-0.15, -0.1) is 0 Å². The molecule has 3 N–H and O–H groups in total. The third-order valence-electron chi connectivity index (χ3n) is 2.11. The number of esters is 1. The van der Waals surface area contributed by atoms with Crippen molar-refractivity contribution in [1.29, 1.82) is 0 Å². The smallest absolute Gasteiger partial charge is 0.307 e. The maximum absolute atomic E-state index is 11.1. The number of non-ortho nitro benzene ring substituents is 1. The molecule has 0 aliphatic rings. The quantitative estimate of drug-likeness (QED) is 0.344. The third kappa shape index (κ3) is 4.28. The van der Waals surface area contributed by atoms with Crippen LogP contribution in [0.3, 0.4) is 0 Å². The van der Waals surface area contributed by atoms with Crippen LogP contribution in [0.1, 0.15) is 13.3 Å². The van der Waals surface area contributed by atoms with Crippen LogP contribution >= 0.6 is 0 Å². The van der Waals surface area contributed by atoms with E-state index < -0.39 is 4.92 Å². The van der Waals surface area contributed by atoms with E-state index in [1.807, 2.05) is 0 Å². The van der Waals surface area contributed by atoms with Gasteiger partial charge in [-0.3, -0.25) is 14.9 Å². The Kier molecular flexibility index (Phi) is 4.91. The molecule has 0 spiro atoms. The maximum Gasteiger partial charge on any atom is 0.307 e. The van der Waals surface area contributed by atoms with Crippen LogP contribution < -0.4 is 11.1 Å². The number of nitro groups is 1. The Labute approximate surface area is 104 Å². The number of nitrogens with one attached hydrogen (secondary N) is 1. The molecular weight excluding hydrogens is 238 g/mol. The first-order valence-electron chi connectivity index (χ1n) is 5.47. The van der Waals surface area contributed by atoms with Crippen molar-refractivity contribution in [3.8, 4) is 0 Å². The third-order valence-corrected chi connectivity index (χ3v) is 2.11. The predicted octanol–water partition coefficient (Wildman–Crippen LogP) is 1.54. The van der Waals surface area contributed by atoms with Crippen LogP contribution in [0.15, 0.2) is 18.2 Å². The second kappa shape index (κ2) is 6.43. The number of nitrogen functional groups attached to an aromatic ring is 1. The largest absolute Gasteiger partial charge is 0.466 e.